The van der Waals surface area contributed by atoms with Crippen LogP contribution in [0.25, 0.3) is 11.2 Å². The monoisotopic (exact) mass is 487 g/mol. The predicted molar refractivity (Wildman–Crippen MR) is 132 cm³/mol. The summed E-state index contributed by atoms with van der Waals surface area (Å²) in [5.74, 6) is -1.25. The average Bonchev–Trinajstić information content (AvgIpc) is 3.26. The van der Waals surface area contributed by atoms with E-state index >= 15 is 0 Å². The molecular weight excluding hydrogens is 466 g/mol. The maximum absolute atomic E-state index is 13.1. The molecule has 0 spiro atoms. The minimum absolute atomic E-state index is 0.112. The zero-order valence-corrected chi connectivity index (χ0v) is 19.4. The first kappa shape index (κ1) is 22.8. The molecule has 36 heavy (non-hydrogen) atoms. The van der Waals surface area contributed by atoms with Gasteiger partial charge in [-0.3, -0.25) is 28.6 Å². The zero-order chi connectivity index (χ0) is 25.6. The molecule has 0 bridgehead atoms. The van der Waals surface area contributed by atoms with Gasteiger partial charge in [-0.05, 0) is 36.4 Å². The second-order valence-corrected chi connectivity index (χ2v) is 8.34. The number of fused-ring (bicyclic) bond motifs is 2. The molecule has 0 aliphatic carbocycles. The van der Waals surface area contributed by atoms with Gasteiger partial charge in [-0.25, -0.2) is 14.3 Å². The maximum Gasteiger partial charge on any atom is 0.332 e. The Balaban J connectivity index is 1.33. The summed E-state index contributed by atoms with van der Waals surface area (Å²) < 4.78 is 3.55. The summed E-state index contributed by atoms with van der Waals surface area (Å²) >= 11 is 0. The lowest BCUT2D eigenvalue weighted by Crippen LogP contribution is -2.42. The van der Waals surface area contributed by atoms with Crippen LogP contribution in [-0.4, -0.2) is 43.0 Å². The van der Waals surface area contributed by atoms with E-state index in [1.807, 2.05) is 0 Å². The number of anilines is 3. The average molecular weight is 487 g/mol. The molecule has 0 atom stereocenters. The summed E-state index contributed by atoms with van der Waals surface area (Å²) in [4.78, 5) is 68.6. The van der Waals surface area contributed by atoms with Gasteiger partial charge in [0.1, 0.15) is 13.1 Å². The fraction of sp³-hybridized carbons (Fsp3) is 0.167. The number of amides is 3. The van der Waals surface area contributed by atoms with Crippen LogP contribution >= 0.6 is 0 Å². The normalized spacial score (nSPS) is 12.8. The third kappa shape index (κ3) is 3.83. The number of nitrogens with one attached hydrogen (secondary N) is 2. The summed E-state index contributed by atoms with van der Waals surface area (Å²) in [7, 11) is 3.11. The van der Waals surface area contributed by atoms with Crippen molar-refractivity contribution in [1.82, 2.24) is 18.7 Å². The number of para-hydroxylation sites is 2. The number of carbonyl (C=O) groups is 3. The molecule has 4 aromatic rings. The van der Waals surface area contributed by atoms with E-state index in [0.717, 1.165) is 4.57 Å². The summed E-state index contributed by atoms with van der Waals surface area (Å²) in [6.07, 6.45) is 1.42. The highest BCUT2D eigenvalue weighted by atomic mass is 16.2. The van der Waals surface area contributed by atoms with E-state index in [1.165, 1.54) is 51.7 Å². The third-order valence-electron chi connectivity index (χ3n) is 5.93. The predicted octanol–water partition coefficient (Wildman–Crippen LogP) is 0.671. The minimum atomic E-state index is -0.659. The van der Waals surface area contributed by atoms with Crippen LogP contribution < -0.4 is 26.8 Å². The van der Waals surface area contributed by atoms with Gasteiger partial charge < -0.3 is 15.2 Å². The molecule has 182 valence electrons. The first-order valence-electron chi connectivity index (χ1n) is 11.0. The quantitative estimate of drug-likeness (QED) is 0.434. The Labute approximate surface area is 203 Å². The van der Waals surface area contributed by atoms with Gasteiger partial charge in [-0.2, -0.15) is 0 Å². The van der Waals surface area contributed by atoms with Crippen molar-refractivity contribution in [1.29, 1.82) is 0 Å². The lowest BCUT2D eigenvalue weighted by Gasteiger charge is -2.29. The second kappa shape index (κ2) is 8.65. The molecule has 0 saturated carbocycles. The van der Waals surface area contributed by atoms with Gasteiger partial charge in [-0.15, -0.1) is 0 Å². The Morgan fingerprint density at radius 3 is 2.50 bits per heavy atom. The number of imidazole rings is 1. The van der Waals surface area contributed by atoms with Gasteiger partial charge >= 0.3 is 5.69 Å². The van der Waals surface area contributed by atoms with E-state index in [9.17, 15) is 24.0 Å². The molecule has 0 radical (unpaired) electrons. The molecule has 12 heteroatoms. The topological polar surface area (TPSA) is 140 Å². The lowest BCUT2D eigenvalue weighted by molar-refractivity contribution is -0.117. The number of hydrogen-bond acceptors (Lipinski definition) is 6. The van der Waals surface area contributed by atoms with Crippen LogP contribution in [0.2, 0.25) is 0 Å². The molecule has 12 nitrogen and oxygen atoms in total. The van der Waals surface area contributed by atoms with E-state index in [2.05, 4.69) is 15.6 Å². The van der Waals surface area contributed by atoms with E-state index in [-0.39, 0.29) is 29.5 Å². The molecule has 0 fully saturated rings. The summed E-state index contributed by atoms with van der Waals surface area (Å²) in [5.41, 5.74) is 1.01. The standard InChI is InChI=1S/C24H21N7O5/c1-28-13-25-21-20(28)23(35)31(24(36)29(21)2)12-18(32)26-15-9-7-14(8-10-15)22(34)30-11-19(33)27-16-5-3-4-6-17(16)30/h3-10,13H,11-12H2,1-2H3,(H,26,32)(H,27,33). The number of aryl methyl sites for hydroxylation is 2. The molecule has 5 rings (SSSR count). The first-order chi connectivity index (χ1) is 17.2. The number of benzene rings is 2. The first-order valence-corrected chi connectivity index (χ1v) is 11.0. The number of rotatable bonds is 4. The maximum atomic E-state index is 13.1. The van der Waals surface area contributed by atoms with Crippen molar-refractivity contribution in [3.63, 3.8) is 0 Å². The Morgan fingerprint density at radius 2 is 1.75 bits per heavy atom. The molecule has 1 aliphatic rings. The zero-order valence-electron chi connectivity index (χ0n) is 19.4. The molecule has 2 N–H and O–H groups in total. The summed E-state index contributed by atoms with van der Waals surface area (Å²) in [5, 5.41) is 5.37. The SMILES string of the molecule is Cn1cnc2c1c(=O)n(CC(=O)Nc1ccc(C(=O)N3CC(=O)Nc4ccccc43)cc1)c(=O)n2C. The number of aromatic nitrogens is 4. The summed E-state index contributed by atoms with van der Waals surface area (Å²) in [6, 6.07) is 13.1. The lowest BCUT2D eigenvalue weighted by atomic mass is 10.1. The third-order valence-corrected chi connectivity index (χ3v) is 5.93. The van der Waals surface area contributed by atoms with Crippen LogP contribution in [0.5, 0.6) is 0 Å². The van der Waals surface area contributed by atoms with Gasteiger partial charge in [0.2, 0.25) is 11.8 Å². The van der Waals surface area contributed by atoms with Crippen molar-refractivity contribution in [2.75, 3.05) is 22.1 Å². The number of carbonyl (C=O) groups excluding carboxylic acids is 3. The van der Waals surface area contributed by atoms with Crippen molar-refractivity contribution in [3.8, 4) is 0 Å². The van der Waals surface area contributed by atoms with Gasteiger partial charge in [0.15, 0.2) is 11.2 Å². The van der Waals surface area contributed by atoms with Crippen LogP contribution in [0, 0.1) is 0 Å². The summed E-state index contributed by atoms with van der Waals surface area (Å²) in [6.45, 7) is -0.605. The van der Waals surface area contributed by atoms with Gasteiger partial charge in [-0.1, -0.05) is 12.1 Å². The second-order valence-electron chi connectivity index (χ2n) is 8.34. The van der Waals surface area contributed by atoms with E-state index in [0.29, 0.717) is 22.6 Å². The largest absolute Gasteiger partial charge is 0.332 e. The van der Waals surface area contributed by atoms with Crippen molar-refractivity contribution < 1.29 is 14.4 Å². The molecule has 1 aliphatic heterocycles. The molecule has 0 unspecified atom stereocenters. The van der Waals surface area contributed by atoms with E-state index in [4.69, 9.17) is 0 Å². The fourth-order valence-electron chi connectivity index (χ4n) is 4.15. The van der Waals surface area contributed by atoms with Crippen molar-refractivity contribution in [2.45, 2.75) is 6.54 Å². The fourth-order valence-corrected chi connectivity index (χ4v) is 4.15. The minimum Gasteiger partial charge on any atom is -0.328 e. The van der Waals surface area contributed by atoms with Crippen molar-refractivity contribution >= 4 is 45.9 Å². The van der Waals surface area contributed by atoms with Crippen molar-refractivity contribution in [3.05, 3.63) is 81.3 Å². The Hall–Kier alpha value is -5.00. The van der Waals surface area contributed by atoms with Gasteiger partial charge in [0.05, 0.1) is 17.7 Å². The number of nitrogens with zero attached hydrogens (tertiary/aromatic N) is 5. The van der Waals surface area contributed by atoms with Crippen molar-refractivity contribution in [2.24, 2.45) is 14.1 Å². The molecule has 0 saturated heterocycles. The number of hydrogen-bond donors (Lipinski definition) is 2. The van der Waals surface area contributed by atoms with Crippen LogP contribution in [-0.2, 0) is 30.2 Å². The highest BCUT2D eigenvalue weighted by Gasteiger charge is 2.27. The molecule has 3 amide bonds. The highest BCUT2D eigenvalue weighted by molar-refractivity contribution is 6.15. The Morgan fingerprint density at radius 1 is 1.03 bits per heavy atom. The van der Waals surface area contributed by atoms with Crippen LogP contribution in [0.3, 0.4) is 0 Å². The smallest absolute Gasteiger partial charge is 0.328 e. The molecule has 2 aromatic carbocycles. The van der Waals surface area contributed by atoms with Gasteiger partial charge in [0, 0.05) is 25.3 Å². The van der Waals surface area contributed by atoms with Crippen LogP contribution in [0.4, 0.5) is 17.1 Å². The highest BCUT2D eigenvalue weighted by Crippen LogP contribution is 2.30. The van der Waals surface area contributed by atoms with Gasteiger partial charge in [0.25, 0.3) is 11.5 Å². The van der Waals surface area contributed by atoms with Crippen LogP contribution in [0.1, 0.15) is 10.4 Å². The molecule has 2 aromatic heterocycles. The Kier molecular flexibility index (Phi) is 5.47. The van der Waals surface area contributed by atoms with E-state index < -0.39 is 23.7 Å². The Bertz CT molecular complexity index is 1660. The van der Waals surface area contributed by atoms with Crippen LogP contribution in [0.15, 0.2) is 64.4 Å². The van der Waals surface area contributed by atoms with E-state index in [1.54, 1.807) is 31.3 Å². The molecule has 3 heterocycles. The molecular formula is C24H21N7O5.